The van der Waals surface area contributed by atoms with Crippen LogP contribution in [0.25, 0.3) is 16.7 Å². The number of para-hydroxylation sites is 1. The van der Waals surface area contributed by atoms with Gasteiger partial charge in [0.15, 0.2) is 4.77 Å². The number of H-pyrrole nitrogens is 1. The molecule has 0 amide bonds. The standard InChI is InChI=1S/C12H9N5S/c1-16-7-9(6-14-16)17-10-4-2-3-8(5-13)11(10)15-12(17)18/h2-4,6-7H,1H3,(H,15,18). The van der Waals surface area contributed by atoms with Crippen molar-refractivity contribution in [3.63, 3.8) is 0 Å². The molecule has 0 atom stereocenters. The second-order valence-electron chi connectivity index (χ2n) is 3.95. The minimum absolute atomic E-state index is 0.556. The van der Waals surface area contributed by atoms with Crippen molar-refractivity contribution in [2.75, 3.05) is 0 Å². The van der Waals surface area contributed by atoms with Gasteiger partial charge in [-0.15, -0.1) is 0 Å². The van der Waals surface area contributed by atoms with Crippen LogP contribution in [0.1, 0.15) is 5.56 Å². The van der Waals surface area contributed by atoms with Crippen molar-refractivity contribution in [1.29, 1.82) is 5.26 Å². The van der Waals surface area contributed by atoms with Crippen molar-refractivity contribution in [3.05, 3.63) is 40.9 Å². The van der Waals surface area contributed by atoms with Gasteiger partial charge in [-0.2, -0.15) is 10.4 Å². The predicted molar refractivity (Wildman–Crippen MR) is 69.9 cm³/mol. The fraction of sp³-hybridized carbons (Fsp3) is 0.0833. The zero-order valence-electron chi connectivity index (χ0n) is 9.58. The van der Waals surface area contributed by atoms with E-state index in [-0.39, 0.29) is 0 Å². The Morgan fingerprint density at radius 3 is 2.94 bits per heavy atom. The molecule has 2 aromatic heterocycles. The lowest BCUT2D eigenvalue weighted by molar-refractivity contribution is 0.767. The van der Waals surface area contributed by atoms with Crippen LogP contribution in [0.5, 0.6) is 0 Å². The number of nitrogens with one attached hydrogen (secondary N) is 1. The third-order valence-electron chi connectivity index (χ3n) is 2.79. The summed E-state index contributed by atoms with van der Waals surface area (Å²) in [6, 6.07) is 7.69. The van der Waals surface area contributed by atoms with Gasteiger partial charge in [0.1, 0.15) is 6.07 Å². The minimum atomic E-state index is 0.556. The number of hydrogen-bond acceptors (Lipinski definition) is 3. The quantitative estimate of drug-likeness (QED) is 0.679. The van der Waals surface area contributed by atoms with Gasteiger partial charge in [-0.05, 0) is 24.4 Å². The molecule has 0 aliphatic heterocycles. The predicted octanol–water partition coefficient (Wildman–Crippen LogP) is 2.29. The fourth-order valence-corrected chi connectivity index (χ4v) is 2.31. The number of nitrogens with zero attached hydrogens (tertiary/aromatic N) is 4. The van der Waals surface area contributed by atoms with Gasteiger partial charge in [0.05, 0.1) is 28.5 Å². The Morgan fingerprint density at radius 2 is 2.28 bits per heavy atom. The number of rotatable bonds is 1. The molecule has 3 aromatic rings. The van der Waals surface area contributed by atoms with Crippen molar-refractivity contribution < 1.29 is 0 Å². The molecular formula is C12H9N5S. The monoisotopic (exact) mass is 255 g/mol. The minimum Gasteiger partial charge on any atom is -0.329 e. The van der Waals surface area contributed by atoms with Gasteiger partial charge in [0.2, 0.25) is 0 Å². The van der Waals surface area contributed by atoms with Gasteiger partial charge in [0, 0.05) is 13.2 Å². The smallest absolute Gasteiger partial charge is 0.182 e. The second kappa shape index (κ2) is 3.82. The highest BCUT2D eigenvalue weighted by molar-refractivity contribution is 7.71. The maximum absolute atomic E-state index is 9.08. The molecule has 2 heterocycles. The lowest BCUT2D eigenvalue weighted by Gasteiger charge is -1.99. The van der Waals surface area contributed by atoms with Crippen LogP contribution in [0, 0.1) is 16.1 Å². The Balaban J connectivity index is 2.41. The van der Waals surface area contributed by atoms with E-state index < -0.39 is 0 Å². The molecular weight excluding hydrogens is 246 g/mol. The molecule has 0 fully saturated rings. The average molecular weight is 255 g/mol. The molecule has 1 aromatic carbocycles. The molecule has 88 valence electrons. The number of aromatic amines is 1. The number of aromatic nitrogens is 4. The summed E-state index contributed by atoms with van der Waals surface area (Å²) >= 11 is 5.31. The Labute approximate surface area is 108 Å². The van der Waals surface area contributed by atoms with E-state index >= 15 is 0 Å². The van der Waals surface area contributed by atoms with E-state index in [1.54, 1.807) is 16.9 Å². The summed E-state index contributed by atoms with van der Waals surface area (Å²) in [6.45, 7) is 0. The Bertz CT molecular complexity index is 830. The molecule has 0 radical (unpaired) electrons. The topological polar surface area (TPSA) is 62.3 Å². The van der Waals surface area contributed by atoms with Gasteiger partial charge in [-0.1, -0.05) is 6.07 Å². The van der Waals surface area contributed by atoms with Crippen molar-refractivity contribution in [1.82, 2.24) is 19.3 Å². The van der Waals surface area contributed by atoms with Crippen molar-refractivity contribution >= 4 is 23.3 Å². The van der Waals surface area contributed by atoms with Gasteiger partial charge in [-0.25, -0.2) is 0 Å². The highest BCUT2D eigenvalue weighted by Gasteiger charge is 2.10. The van der Waals surface area contributed by atoms with Gasteiger partial charge >= 0.3 is 0 Å². The van der Waals surface area contributed by atoms with Gasteiger partial charge in [-0.3, -0.25) is 9.25 Å². The van der Waals surface area contributed by atoms with Crippen LogP contribution < -0.4 is 0 Å². The van der Waals surface area contributed by atoms with Crippen LogP contribution in [0.3, 0.4) is 0 Å². The molecule has 0 bridgehead atoms. The summed E-state index contributed by atoms with van der Waals surface area (Å²) in [5.74, 6) is 0. The average Bonchev–Trinajstić information content (AvgIpc) is 2.91. The first kappa shape index (κ1) is 10.7. The third kappa shape index (κ3) is 1.45. The second-order valence-corrected chi connectivity index (χ2v) is 4.34. The van der Waals surface area contributed by atoms with Crippen LogP contribution in [0.4, 0.5) is 0 Å². The number of nitriles is 1. The molecule has 1 N–H and O–H groups in total. The van der Waals surface area contributed by atoms with Crippen LogP contribution in [0.2, 0.25) is 0 Å². The number of hydrogen-bond donors (Lipinski definition) is 1. The molecule has 0 aliphatic rings. The summed E-state index contributed by atoms with van der Waals surface area (Å²) in [7, 11) is 1.85. The molecule has 18 heavy (non-hydrogen) atoms. The van der Waals surface area contributed by atoms with E-state index in [4.69, 9.17) is 17.5 Å². The van der Waals surface area contributed by atoms with Crippen molar-refractivity contribution in [2.24, 2.45) is 7.05 Å². The zero-order chi connectivity index (χ0) is 12.7. The molecule has 3 rings (SSSR count). The number of imidazole rings is 1. The maximum atomic E-state index is 9.08. The largest absolute Gasteiger partial charge is 0.329 e. The highest BCUT2D eigenvalue weighted by Crippen LogP contribution is 2.21. The number of fused-ring (bicyclic) bond motifs is 1. The van der Waals surface area contributed by atoms with Gasteiger partial charge < -0.3 is 4.98 Å². The first-order valence-corrected chi connectivity index (χ1v) is 5.74. The normalized spacial score (nSPS) is 10.7. The third-order valence-corrected chi connectivity index (χ3v) is 3.07. The van der Waals surface area contributed by atoms with Crippen LogP contribution >= 0.6 is 12.2 Å². The Hall–Kier alpha value is -2.39. The fourth-order valence-electron chi connectivity index (χ4n) is 2.00. The summed E-state index contributed by atoms with van der Waals surface area (Å²) < 4.78 is 4.14. The summed E-state index contributed by atoms with van der Waals surface area (Å²) in [5.41, 5.74) is 3.10. The lowest BCUT2D eigenvalue weighted by Crippen LogP contribution is -1.92. The van der Waals surface area contributed by atoms with E-state index in [2.05, 4.69) is 16.2 Å². The highest BCUT2D eigenvalue weighted by atomic mass is 32.1. The molecule has 0 saturated heterocycles. The molecule has 6 heteroatoms. The SMILES string of the molecule is Cn1cc(-n2c(=S)[nH]c3c(C#N)cccc32)cn1. The first-order valence-electron chi connectivity index (χ1n) is 5.33. The number of aryl methyl sites for hydroxylation is 1. The van der Waals surface area contributed by atoms with E-state index in [9.17, 15) is 0 Å². The van der Waals surface area contributed by atoms with E-state index in [1.807, 2.05) is 29.9 Å². The summed E-state index contributed by atoms with van der Waals surface area (Å²) in [4.78, 5) is 3.07. The van der Waals surface area contributed by atoms with Crippen LogP contribution in [-0.2, 0) is 7.05 Å². The maximum Gasteiger partial charge on any atom is 0.182 e. The van der Waals surface area contributed by atoms with Crippen LogP contribution in [-0.4, -0.2) is 19.3 Å². The molecule has 0 aliphatic carbocycles. The van der Waals surface area contributed by atoms with Crippen molar-refractivity contribution in [2.45, 2.75) is 0 Å². The molecule has 0 saturated carbocycles. The van der Waals surface area contributed by atoms with Crippen LogP contribution in [0.15, 0.2) is 30.6 Å². The van der Waals surface area contributed by atoms with E-state index in [0.717, 1.165) is 16.7 Å². The molecule has 0 spiro atoms. The Kier molecular flexibility index (Phi) is 2.28. The lowest BCUT2D eigenvalue weighted by atomic mass is 10.2. The van der Waals surface area contributed by atoms with Gasteiger partial charge in [0.25, 0.3) is 0 Å². The van der Waals surface area contributed by atoms with Crippen molar-refractivity contribution in [3.8, 4) is 11.8 Å². The zero-order valence-corrected chi connectivity index (χ0v) is 10.4. The number of benzene rings is 1. The molecule has 0 unspecified atom stereocenters. The summed E-state index contributed by atoms with van der Waals surface area (Å²) in [5, 5.41) is 13.2. The van der Waals surface area contributed by atoms with E-state index in [1.165, 1.54) is 0 Å². The first-order chi connectivity index (χ1) is 8.70. The molecule has 5 nitrogen and oxygen atoms in total. The summed E-state index contributed by atoms with van der Waals surface area (Å²) in [6.07, 6.45) is 3.62. The van der Waals surface area contributed by atoms with E-state index in [0.29, 0.717) is 10.3 Å². The Morgan fingerprint density at radius 1 is 1.44 bits per heavy atom.